The summed E-state index contributed by atoms with van der Waals surface area (Å²) in [6, 6.07) is 9.15. The van der Waals surface area contributed by atoms with E-state index in [0.29, 0.717) is 18.5 Å². The van der Waals surface area contributed by atoms with Crippen LogP contribution in [0.2, 0.25) is 0 Å². The molecular formula is C22H27BrN2O4S. The number of nitrogens with zero attached hydrogens (tertiary/aromatic N) is 1. The van der Waals surface area contributed by atoms with Gasteiger partial charge in [0.2, 0.25) is 0 Å². The first-order valence-corrected chi connectivity index (χ1v) is 11.3. The van der Waals surface area contributed by atoms with Crippen LogP contribution in [-0.2, 0) is 20.7 Å². The molecule has 2 aromatic rings. The Hall–Kier alpha value is -2.19. The van der Waals surface area contributed by atoms with Gasteiger partial charge in [-0.3, -0.25) is 9.59 Å². The Bertz CT molecular complexity index is 916. The molecule has 1 aromatic heterocycles. The summed E-state index contributed by atoms with van der Waals surface area (Å²) >= 11 is 5.10. The van der Waals surface area contributed by atoms with Gasteiger partial charge in [-0.25, -0.2) is 4.79 Å². The van der Waals surface area contributed by atoms with Gasteiger partial charge in [-0.15, -0.1) is 11.3 Å². The van der Waals surface area contributed by atoms with Gasteiger partial charge < -0.3 is 15.0 Å². The summed E-state index contributed by atoms with van der Waals surface area (Å²) in [4.78, 5) is 39.3. The summed E-state index contributed by atoms with van der Waals surface area (Å²) < 4.78 is 5.77. The smallest absolute Gasteiger partial charge is 0.338 e. The quantitative estimate of drug-likeness (QED) is 0.460. The Morgan fingerprint density at radius 3 is 2.33 bits per heavy atom. The van der Waals surface area contributed by atoms with E-state index in [-0.39, 0.29) is 12.1 Å². The lowest BCUT2D eigenvalue weighted by Gasteiger charge is -2.29. The molecule has 1 aromatic carbocycles. The Labute approximate surface area is 189 Å². The molecule has 1 heterocycles. The first kappa shape index (κ1) is 24.1. The highest BCUT2D eigenvalue weighted by Gasteiger charge is 2.26. The fourth-order valence-electron chi connectivity index (χ4n) is 3.29. The normalized spacial score (nSPS) is 10.9. The van der Waals surface area contributed by atoms with Gasteiger partial charge in [-0.05, 0) is 67.7 Å². The van der Waals surface area contributed by atoms with Crippen LogP contribution in [0.4, 0.5) is 0 Å². The number of esters is 1. The van der Waals surface area contributed by atoms with E-state index in [1.165, 1.54) is 18.4 Å². The monoisotopic (exact) mass is 494 g/mol. The van der Waals surface area contributed by atoms with E-state index >= 15 is 0 Å². The minimum atomic E-state index is -0.593. The van der Waals surface area contributed by atoms with Gasteiger partial charge in [-0.2, -0.15) is 0 Å². The minimum Gasteiger partial charge on any atom is -0.465 e. The average Bonchev–Trinajstić information content (AvgIpc) is 3.06. The standard InChI is InChI=1S/C22H27BrN2O4S/c1-13(2)25(14(3)4)21(27)20(26)24-11-10-15-12-18(19(23)30-15)16-8-6-7-9-17(16)22(28)29-5/h6-9,12-14H,10-11H2,1-5H3,(H,24,26). The van der Waals surface area contributed by atoms with Crippen LogP contribution in [0.15, 0.2) is 34.1 Å². The number of halogens is 1. The molecule has 1 N–H and O–H groups in total. The summed E-state index contributed by atoms with van der Waals surface area (Å²) in [6.45, 7) is 7.91. The number of carbonyl (C=O) groups is 3. The van der Waals surface area contributed by atoms with Gasteiger partial charge in [0, 0.05) is 29.1 Å². The Morgan fingerprint density at radius 1 is 1.10 bits per heavy atom. The van der Waals surface area contributed by atoms with Gasteiger partial charge in [0.1, 0.15) is 0 Å². The Kier molecular flexibility index (Phi) is 8.61. The topological polar surface area (TPSA) is 75.7 Å². The molecule has 0 saturated heterocycles. The number of carbonyl (C=O) groups excluding carboxylic acids is 3. The molecule has 0 unspecified atom stereocenters. The third kappa shape index (κ3) is 5.70. The predicted octanol–water partition coefficient (Wildman–Crippen LogP) is 4.27. The van der Waals surface area contributed by atoms with Gasteiger partial charge in [-0.1, -0.05) is 18.2 Å². The summed E-state index contributed by atoms with van der Waals surface area (Å²) in [5, 5.41) is 2.72. The van der Waals surface area contributed by atoms with Gasteiger partial charge in [0.05, 0.1) is 16.5 Å². The largest absolute Gasteiger partial charge is 0.465 e. The third-order valence-electron chi connectivity index (χ3n) is 4.56. The number of nitrogens with one attached hydrogen (secondary N) is 1. The van der Waals surface area contributed by atoms with Crippen LogP contribution >= 0.6 is 27.3 Å². The highest BCUT2D eigenvalue weighted by atomic mass is 79.9. The van der Waals surface area contributed by atoms with Crippen molar-refractivity contribution in [3.8, 4) is 11.1 Å². The second kappa shape index (κ2) is 10.7. The zero-order valence-corrected chi connectivity index (χ0v) is 20.2. The predicted molar refractivity (Wildman–Crippen MR) is 123 cm³/mol. The van der Waals surface area contributed by atoms with Gasteiger partial charge >= 0.3 is 17.8 Å². The van der Waals surface area contributed by atoms with Crippen molar-refractivity contribution >= 4 is 45.1 Å². The Balaban J connectivity index is 2.07. The molecule has 0 bridgehead atoms. The Morgan fingerprint density at radius 2 is 1.73 bits per heavy atom. The summed E-state index contributed by atoms with van der Waals surface area (Å²) in [5.41, 5.74) is 2.16. The average molecular weight is 495 g/mol. The number of rotatable bonds is 7. The lowest BCUT2D eigenvalue weighted by Crippen LogP contribution is -2.49. The number of ether oxygens (including phenoxy) is 1. The van der Waals surface area contributed by atoms with Crippen molar-refractivity contribution in [1.82, 2.24) is 10.2 Å². The maximum absolute atomic E-state index is 12.4. The number of hydrogen-bond donors (Lipinski definition) is 1. The molecular weight excluding hydrogens is 468 g/mol. The van der Waals surface area contributed by atoms with Crippen LogP contribution in [0.5, 0.6) is 0 Å². The highest BCUT2D eigenvalue weighted by molar-refractivity contribution is 9.11. The van der Waals surface area contributed by atoms with Crippen molar-refractivity contribution in [2.24, 2.45) is 0 Å². The van der Waals surface area contributed by atoms with Crippen molar-refractivity contribution in [3.05, 3.63) is 44.6 Å². The van der Waals surface area contributed by atoms with Crippen molar-refractivity contribution in [1.29, 1.82) is 0 Å². The maximum Gasteiger partial charge on any atom is 0.338 e. The van der Waals surface area contributed by atoms with Crippen LogP contribution < -0.4 is 5.32 Å². The molecule has 2 rings (SSSR count). The van der Waals surface area contributed by atoms with E-state index in [2.05, 4.69) is 21.2 Å². The zero-order chi connectivity index (χ0) is 22.4. The molecule has 2 amide bonds. The summed E-state index contributed by atoms with van der Waals surface area (Å²) in [7, 11) is 1.36. The molecule has 0 aliphatic carbocycles. The molecule has 30 heavy (non-hydrogen) atoms. The van der Waals surface area contributed by atoms with Crippen molar-refractivity contribution in [2.45, 2.75) is 46.2 Å². The number of benzene rings is 1. The van der Waals surface area contributed by atoms with Gasteiger partial charge in [0.15, 0.2) is 0 Å². The van der Waals surface area contributed by atoms with E-state index in [0.717, 1.165) is 19.8 Å². The molecule has 6 nitrogen and oxygen atoms in total. The molecule has 0 fully saturated rings. The van der Waals surface area contributed by atoms with Crippen molar-refractivity contribution < 1.29 is 19.1 Å². The molecule has 0 aliphatic heterocycles. The number of methoxy groups -OCH3 is 1. The maximum atomic E-state index is 12.4. The lowest BCUT2D eigenvalue weighted by molar-refractivity contribution is -0.148. The fraction of sp³-hybridized carbons (Fsp3) is 0.409. The minimum absolute atomic E-state index is 0.0473. The van der Waals surface area contributed by atoms with E-state index in [9.17, 15) is 14.4 Å². The molecule has 0 aliphatic rings. The molecule has 0 spiro atoms. The second-order valence-electron chi connectivity index (χ2n) is 7.34. The van der Waals surface area contributed by atoms with Crippen LogP contribution in [0.25, 0.3) is 11.1 Å². The second-order valence-corrected chi connectivity index (χ2v) is 9.80. The van der Waals surface area contributed by atoms with Crippen molar-refractivity contribution in [2.75, 3.05) is 13.7 Å². The van der Waals surface area contributed by atoms with E-state index < -0.39 is 17.8 Å². The lowest BCUT2D eigenvalue weighted by atomic mass is 10.0. The van der Waals surface area contributed by atoms with E-state index in [1.54, 1.807) is 17.0 Å². The zero-order valence-electron chi connectivity index (χ0n) is 17.8. The molecule has 0 radical (unpaired) electrons. The van der Waals surface area contributed by atoms with Crippen LogP contribution in [0, 0.1) is 0 Å². The first-order valence-electron chi connectivity index (χ1n) is 9.73. The summed E-state index contributed by atoms with van der Waals surface area (Å²) in [6.07, 6.45) is 0.575. The number of hydrogen-bond acceptors (Lipinski definition) is 5. The summed E-state index contributed by atoms with van der Waals surface area (Å²) in [5.74, 6) is -1.50. The highest BCUT2D eigenvalue weighted by Crippen LogP contribution is 2.38. The first-order chi connectivity index (χ1) is 14.2. The van der Waals surface area contributed by atoms with Crippen LogP contribution in [-0.4, -0.2) is 48.4 Å². The van der Waals surface area contributed by atoms with Crippen molar-refractivity contribution in [3.63, 3.8) is 0 Å². The van der Waals surface area contributed by atoms with Crippen LogP contribution in [0.3, 0.4) is 0 Å². The van der Waals surface area contributed by atoms with Crippen LogP contribution in [0.1, 0.15) is 42.9 Å². The van der Waals surface area contributed by atoms with E-state index in [4.69, 9.17) is 4.74 Å². The third-order valence-corrected chi connectivity index (χ3v) is 6.45. The SMILES string of the molecule is COC(=O)c1ccccc1-c1cc(CCNC(=O)C(=O)N(C(C)C)C(C)C)sc1Br. The fourth-order valence-corrected chi connectivity index (χ4v) is 5.13. The van der Waals surface area contributed by atoms with Gasteiger partial charge in [0.25, 0.3) is 0 Å². The molecule has 162 valence electrons. The number of amides is 2. The van der Waals surface area contributed by atoms with E-state index in [1.807, 2.05) is 45.9 Å². The molecule has 8 heteroatoms. The molecule has 0 atom stereocenters. The molecule has 0 saturated carbocycles. The number of thiophene rings is 1.